The normalized spacial score (nSPS) is 12.2. The molecule has 0 aliphatic heterocycles. The summed E-state index contributed by atoms with van der Waals surface area (Å²) in [7, 11) is 0. The number of nitrogens with one attached hydrogen (secondary N) is 1. The zero-order chi connectivity index (χ0) is 15.7. The Morgan fingerprint density at radius 3 is 2.00 bits per heavy atom. The lowest BCUT2D eigenvalue weighted by molar-refractivity contribution is -0.131. The minimum absolute atomic E-state index is 0.0213. The Labute approximate surface area is 121 Å². The molecule has 0 atom stereocenters. The fourth-order valence-electron chi connectivity index (χ4n) is 2.01. The van der Waals surface area contributed by atoms with Crippen LogP contribution in [-0.4, -0.2) is 12.2 Å². The van der Waals surface area contributed by atoms with Crippen molar-refractivity contribution in [3.63, 3.8) is 0 Å². The minimum Gasteiger partial charge on any atom is -0.426 e. The molecule has 0 spiro atoms. The molecule has 1 aromatic carbocycles. The molecule has 0 bridgehead atoms. The molecule has 0 aliphatic carbocycles. The van der Waals surface area contributed by atoms with Crippen molar-refractivity contribution in [2.24, 2.45) is 0 Å². The van der Waals surface area contributed by atoms with Gasteiger partial charge in [0.05, 0.1) is 0 Å². The molecule has 1 N–H and O–H groups in total. The number of ether oxygens (including phenoxy) is 1. The summed E-state index contributed by atoms with van der Waals surface area (Å²) >= 11 is 0. The van der Waals surface area contributed by atoms with Gasteiger partial charge < -0.3 is 10.1 Å². The Bertz CT molecular complexity index is 531. The van der Waals surface area contributed by atoms with Gasteiger partial charge in [-0.1, -0.05) is 47.6 Å². The average Bonchev–Trinajstić information content (AvgIpc) is 2.25. The molecule has 0 aliphatic rings. The van der Waals surface area contributed by atoms with Crippen LogP contribution in [0.15, 0.2) is 12.1 Å². The van der Waals surface area contributed by atoms with Gasteiger partial charge in [0, 0.05) is 24.3 Å². The second-order valence-corrected chi connectivity index (χ2v) is 7.18. The summed E-state index contributed by atoms with van der Waals surface area (Å²) in [4.78, 5) is 11.3. The summed E-state index contributed by atoms with van der Waals surface area (Å²) in [5.74, 6) is 0.148. The number of esters is 1. The zero-order valence-electron chi connectivity index (χ0n) is 13.5. The van der Waals surface area contributed by atoms with Gasteiger partial charge in [0.1, 0.15) is 5.75 Å². The molecule has 110 valence electrons. The van der Waals surface area contributed by atoms with Crippen LogP contribution >= 0.6 is 0 Å². The first kappa shape index (κ1) is 16.4. The van der Waals surface area contributed by atoms with Gasteiger partial charge in [-0.2, -0.15) is 0 Å². The van der Waals surface area contributed by atoms with Crippen molar-refractivity contribution in [3.05, 3.63) is 28.8 Å². The van der Waals surface area contributed by atoms with Crippen LogP contribution in [0.2, 0.25) is 0 Å². The maximum absolute atomic E-state index is 11.3. The highest BCUT2D eigenvalue weighted by molar-refractivity contribution is 5.85. The van der Waals surface area contributed by atoms with Crippen LogP contribution in [0, 0.1) is 5.41 Å². The summed E-state index contributed by atoms with van der Waals surface area (Å²) in [6, 6.07) is 4.02. The van der Waals surface area contributed by atoms with Crippen molar-refractivity contribution in [1.82, 2.24) is 0 Å². The lowest BCUT2D eigenvalue weighted by Gasteiger charge is -2.28. The smallest absolute Gasteiger partial charge is 0.308 e. The molecule has 1 rings (SSSR count). The van der Waals surface area contributed by atoms with E-state index in [4.69, 9.17) is 10.1 Å². The van der Waals surface area contributed by atoms with Gasteiger partial charge in [-0.3, -0.25) is 4.79 Å². The molecule has 3 heteroatoms. The summed E-state index contributed by atoms with van der Waals surface area (Å²) in [5, 5.41) is 7.61. The van der Waals surface area contributed by atoms with E-state index in [1.807, 2.05) is 6.07 Å². The summed E-state index contributed by atoms with van der Waals surface area (Å²) in [6.07, 6.45) is 1.25. The Balaban J connectivity index is 3.65. The molecule has 20 heavy (non-hydrogen) atoms. The molecule has 1 aromatic rings. The largest absolute Gasteiger partial charge is 0.426 e. The van der Waals surface area contributed by atoms with Gasteiger partial charge in [0.15, 0.2) is 0 Å². The second kappa shape index (κ2) is 5.39. The Kier molecular flexibility index (Phi) is 4.42. The monoisotopic (exact) mass is 275 g/mol. The maximum Gasteiger partial charge on any atom is 0.308 e. The highest BCUT2D eigenvalue weighted by atomic mass is 16.5. The van der Waals surface area contributed by atoms with Crippen molar-refractivity contribution >= 4 is 12.2 Å². The average molecular weight is 275 g/mol. The molecule has 0 radical (unpaired) electrons. The zero-order valence-corrected chi connectivity index (χ0v) is 13.5. The van der Waals surface area contributed by atoms with E-state index >= 15 is 0 Å². The Hall–Kier alpha value is -1.64. The van der Waals surface area contributed by atoms with Crippen LogP contribution < -0.4 is 4.74 Å². The van der Waals surface area contributed by atoms with Crippen molar-refractivity contribution < 1.29 is 9.53 Å². The lowest BCUT2D eigenvalue weighted by atomic mass is 9.79. The topological polar surface area (TPSA) is 50.2 Å². The highest BCUT2D eigenvalue weighted by Gasteiger charge is 2.26. The van der Waals surface area contributed by atoms with E-state index in [1.165, 1.54) is 13.1 Å². The van der Waals surface area contributed by atoms with E-state index in [0.29, 0.717) is 11.3 Å². The molecule has 0 heterocycles. The lowest BCUT2D eigenvalue weighted by Crippen LogP contribution is -2.20. The summed E-state index contributed by atoms with van der Waals surface area (Å²) in [5.41, 5.74) is 2.56. The molecule has 0 fully saturated rings. The predicted molar refractivity (Wildman–Crippen MR) is 83.0 cm³/mol. The van der Waals surface area contributed by atoms with Crippen LogP contribution in [0.4, 0.5) is 0 Å². The maximum atomic E-state index is 11.3. The first-order valence-electron chi connectivity index (χ1n) is 6.84. The van der Waals surface area contributed by atoms with Crippen molar-refractivity contribution in [2.45, 2.75) is 59.3 Å². The fraction of sp³-hybridized carbons (Fsp3) is 0.529. The van der Waals surface area contributed by atoms with Crippen LogP contribution in [0.1, 0.15) is 65.2 Å². The standard InChI is InChI=1S/C17H25NO2/c1-11(19)20-15-12(10-18)8-13(16(2,3)4)9-14(15)17(5,6)7/h8-10,18H,1-7H3. The molecule has 3 nitrogen and oxygen atoms in total. The summed E-state index contributed by atoms with van der Waals surface area (Å²) < 4.78 is 5.37. The number of rotatable bonds is 2. The first-order chi connectivity index (χ1) is 8.96. The molecule has 0 aromatic heterocycles. The van der Waals surface area contributed by atoms with Gasteiger partial charge in [-0.15, -0.1) is 0 Å². The first-order valence-corrected chi connectivity index (χ1v) is 6.84. The molecular weight excluding hydrogens is 250 g/mol. The van der Waals surface area contributed by atoms with Gasteiger partial charge in [0.25, 0.3) is 0 Å². The predicted octanol–water partition coefficient (Wildman–Crippen LogP) is 4.20. The van der Waals surface area contributed by atoms with Crippen molar-refractivity contribution in [3.8, 4) is 5.75 Å². The Morgan fingerprint density at radius 1 is 1.10 bits per heavy atom. The van der Waals surface area contributed by atoms with Gasteiger partial charge in [-0.25, -0.2) is 0 Å². The van der Waals surface area contributed by atoms with E-state index in [2.05, 4.69) is 47.6 Å². The minimum atomic E-state index is -0.359. The highest BCUT2D eigenvalue weighted by Crippen LogP contribution is 2.37. The Morgan fingerprint density at radius 2 is 1.65 bits per heavy atom. The summed E-state index contributed by atoms with van der Waals surface area (Å²) in [6.45, 7) is 14.0. The number of carbonyl (C=O) groups is 1. The van der Waals surface area contributed by atoms with E-state index < -0.39 is 0 Å². The molecular formula is C17H25NO2. The number of hydrogen-bond donors (Lipinski definition) is 1. The fourth-order valence-corrected chi connectivity index (χ4v) is 2.01. The van der Waals surface area contributed by atoms with E-state index in [1.54, 1.807) is 0 Å². The number of carbonyl (C=O) groups excluding carboxylic acids is 1. The van der Waals surface area contributed by atoms with E-state index in [9.17, 15) is 4.79 Å². The van der Waals surface area contributed by atoms with Crippen LogP contribution in [-0.2, 0) is 15.6 Å². The second-order valence-electron chi connectivity index (χ2n) is 7.18. The molecule has 0 saturated heterocycles. The van der Waals surface area contributed by atoms with Gasteiger partial charge in [0.2, 0.25) is 0 Å². The SMILES string of the molecule is CC(=O)Oc1c(C=N)cc(C(C)(C)C)cc1C(C)(C)C. The third-order valence-electron chi connectivity index (χ3n) is 3.19. The van der Waals surface area contributed by atoms with Crippen molar-refractivity contribution in [2.75, 3.05) is 0 Å². The van der Waals surface area contributed by atoms with E-state index in [0.717, 1.165) is 11.1 Å². The third kappa shape index (κ3) is 3.69. The number of hydrogen-bond acceptors (Lipinski definition) is 3. The quantitative estimate of drug-likeness (QED) is 0.499. The molecule has 0 unspecified atom stereocenters. The van der Waals surface area contributed by atoms with Crippen LogP contribution in [0.5, 0.6) is 5.75 Å². The number of benzene rings is 1. The van der Waals surface area contributed by atoms with Crippen LogP contribution in [0.25, 0.3) is 0 Å². The van der Waals surface area contributed by atoms with Crippen LogP contribution in [0.3, 0.4) is 0 Å². The molecule has 0 amide bonds. The third-order valence-corrected chi connectivity index (χ3v) is 3.19. The van der Waals surface area contributed by atoms with Gasteiger partial charge >= 0.3 is 5.97 Å². The van der Waals surface area contributed by atoms with E-state index in [-0.39, 0.29) is 16.8 Å². The van der Waals surface area contributed by atoms with Gasteiger partial charge in [-0.05, 0) is 22.5 Å². The van der Waals surface area contributed by atoms with Crippen molar-refractivity contribution in [1.29, 1.82) is 5.41 Å². The molecule has 0 saturated carbocycles.